The van der Waals surface area contributed by atoms with Crippen molar-refractivity contribution in [2.75, 3.05) is 13.2 Å². The molecule has 1 aromatic carbocycles. The number of rotatable bonds is 5. The average molecular weight is 378 g/mol. The third-order valence-corrected chi connectivity index (χ3v) is 4.32. The number of carbonyl (C=O) groups excluding carboxylic acids is 1. The van der Waals surface area contributed by atoms with E-state index in [0.29, 0.717) is 28.8 Å². The van der Waals surface area contributed by atoms with E-state index in [9.17, 15) is 9.59 Å². The number of nitrogens with zero attached hydrogens (tertiary/aromatic N) is 4. The molecule has 0 bridgehead atoms. The Morgan fingerprint density at radius 2 is 1.86 bits per heavy atom. The van der Waals surface area contributed by atoms with Crippen LogP contribution in [0.5, 0.6) is 5.75 Å². The minimum atomic E-state index is -0.493. The van der Waals surface area contributed by atoms with Gasteiger partial charge in [0.1, 0.15) is 11.3 Å². The summed E-state index contributed by atoms with van der Waals surface area (Å²) in [4.78, 5) is 29.3. The lowest BCUT2D eigenvalue weighted by Crippen LogP contribution is -2.19. The van der Waals surface area contributed by atoms with Gasteiger partial charge in [0.15, 0.2) is 5.65 Å². The monoisotopic (exact) mass is 378 g/mol. The number of carbonyl (C=O) groups is 1. The first kappa shape index (κ1) is 17.7. The highest BCUT2D eigenvalue weighted by molar-refractivity contribution is 5.96. The minimum Gasteiger partial charge on any atom is -0.494 e. The Hall–Kier alpha value is -3.68. The Kier molecular flexibility index (Phi) is 4.52. The Morgan fingerprint density at radius 1 is 1.07 bits per heavy atom. The van der Waals surface area contributed by atoms with Crippen LogP contribution in [0.2, 0.25) is 0 Å². The number of fused-ring (bicyclic) bond motifs is 3. The van der Waals surface area contributed by atoms with Gasteiger partial charge < -0.3 is 9.47 Å². The predicted octanol–water partition coefficient (Wildman–Crippen LogP) is 2.61. The summed E-state index contributed by atoms with van der Waals surface area (Å²) in [7, 11) is 0. The van der Waals surface area contributed by atoms with Crippen LogP contribution in [-0.2, 0) is 4.74 Å². The maximum Gasteiger partial charge on any atom is 0.343 e. The van der Waals surface area contributed by atoms with Crippen molar-refractivity contribution in [3.8, 4) is 11.4 Å². The molecule has 0 atom stereocenters. The van der Waals surface area contributed by atoms with E-state index in [1.54, 1.807) is 19.2 Å². The van der Waals surface area contributed by atoms with E-state index in [-0.39, 0.29) is 17.7 Å². The first-order chi connectivity index (χ1) is 13.6. The molecule has 0 aliphatic heterocycles. The third kappa shape index (κ3) is 2.88. The van der Waals surface area contributed by atoms with Crippen LogP contribution in [0.25, 0.3) is 22.2 Å². The molecule has 3 aromatic heterocycles. The number of hydrogen-bond donors (Lipinski definition) is 0. The Bertz CT molecular complexity index is 1220. The van der Waals surface area contributed by atoms with Gasteiger partial charge in [-0.1, -0.05) is 0 Å². The Balaban J connectivity index is 1.82. The molecule has 28 heavy (non-hydrogen) atoms. The quantitative estimate of drug-likeness (QED) is 0.496. The molecule has 8 heteroatoms. The molecule has 8 nitrogen and oxygen atoms in total. The maximum atomic E-state index is 13.0. The molecule has 4 rings (SSSR count). The minimum absolute atomic E-state index is 0.232. The molecule has 0 aliphatic carbocycles. The summed E-state index contributed by atoms with van der Waals surface area (Å²) in [6.07, 6.45) is 4.53. The van der Waals surface area contributed by atoms with Crippen molar-refractivity contribution in [1.29, 1.82) is 0 Å². The lowest BCUT2D eigenvalue weighted by atomic mass is 10.2. The molecule has 4 aromatic rings. The second-order valence-corrected chi connectivity index (χ2v) is 5.99. The zero-order chi connectivity index (χ0) is 19.7. The summed E-state index contributed by atoms with van der Waals surface area (Å²) in [6, 6.07) is 9.03. The highest BCUT2D eigenvalue weighted by atomic mass is 16.5. The fourth-order valence-electron chi connectivity index (χ4n) is 3.04. The number of benzene rings is 1. The van der Waals surface area contributed by atoms with Gasteiger partial charge >= 0.3 is 5.97 Å². The molecule has 0 unspecified atom stereocenters. The van der Waals surface area contributed by atoms with Gasteiger partial charge in [0.25, 0.3) is 5.56 Å². The van der Waals surface area contributed by atoms with Gasteiger partial charge in [-0.05, 0) is 44.2 Å². The van der Waals surface area contributed by atoms with Crippen LogP contribution >= 0.6 is 0 Å². The molecule has 0 fully saturated rings. The molecule has 0 radical (unpaired) electrons. The van der Waals surface area contributed by atoms with Gasteiger partial charge in [0.05, 0.1) is 30.3 Å². The summed E-state index contributed by atoms with van der Waals surface area (Å²) in [5.74, 6) is 0.249. The normalized spacial score (nSPS) is 11.1. The van der Waals surface area contributed by atoms with Gasteiger partial charge in [-0.2, -0.15) is 5.10 Å². The van der Waals surface area contributed by atoms with Crippen molar-refractivity contribution in [3.05, 3.63) is 64.8 Å². The largest absolute Gasteiger partial charge is 0.494 e. The van der Waals surface area contributed by atoms with Gasteiger partial charge in [-0.3, -0.25) is 9.36 Å². The van der Waals surface area contributed by atoms with Crippen LogP contribution in [0.4, 0.5) is 0 Å². The molecule has 3 heterocycles. The van der Waals surface area contributed by atoms with Crippen molar-refractivity contribution in [1.82, 2.24) is 19.2 Å². The number of aromatic nitrogens is 4. The second-order valence-electron chi connectivity index (χ2n) is 5.99. The molecule has 142 valence electrons. The Morgan fingerprint density at radius 3 is 2.57 bits per heavy atom. The summed E-state index contributed by atoms with van der Waals surface area (Å²) >= 11 is 0. The van der Waals surface area contributed by atoms with E-state index in [1.165, 1.54) is 21.5 Å². The molecular formula is C20H18N4O4. The van der Waals surface area contributed by atoms with Crippen LogP contribution in [0.1, 0.15) is 24.2 Å². The van der Waals surface area contributed by atoms with Gasteiger partial charge in [0, 0.05) is 18.1 Å². The fraction of sp³-hybridized carbons (Fsp3) is 0.200. The van der Waals surface area contributed by atoms with Crippen molar-refractivity contribution in [2.45, 2.75) is 13.8 Å². The number of hydrogen-bond acceptors (Lipinski definition) is 6. The molecule has 0 spiro atoms. The predicted molar refractivity (Wildman–Crippen MR) is 103 cm³/mol. The molecule has 0 saturated heterocycles. The zero-order valence-corrected chi connectivity index (χ0v) is 15.5. The topological polar surface area (TPSA) is 87.7 Å². The lowest BCUT2D eigenvalue weighted by molar-refractivity contribution is 0.0528. The van der Waals surface area contributed by atoms with Crippen molar-refractivity contribution < 1.29 is 14.3 Å². The SMILES string of the molecule is CCOC(=O)c1cnn2c1ncc1c(=O)n(-c3ccc(OCC)cc3)ccc12. The van der Waals surface area contributed by atoms with Crippen molar-refractivity contribution in [2.24, 2.45) is 0 Å². The van der Waals surface area contributed by atoms with E-state index < -0.39 is 5.97 Å². The lowest BCUT2D eigenvalue weighted by Gasteiger charge is -2.09. The summed E-state index contributed by atoms with van der Waals surface area (Å²) in [5.41, 5.74) is 1.66. The van der Waals surface area contributed by atoms with E-state index in [4.69, 9.17) is 9.47 Å². The highest BCUT2D eigenvalue weighted by Crippen LogP contribution is 2.18. The standard InChI is InChI=1S/C20H18N4O4/c1-3-27-14-7-5-13(6-8-14)23-10-9-17-15(19(23)25)11-21-18-16(12-22-24(17)18)20(26)28-4-2/h5-12H,3-4H2,1-2H3. The maximum absolute atomic E-state index is 13.0. The molecule has 0 amide bonds. The zero-order valence-electron chi connectivity index (χ0n) is 15.5. The number of esters is 1. The molecule has 0 N–H and O–H groups in total. The van der Waals surface area contributed by atoms with Crippen LogP contribution in [0.3, 0.4) is 0 Å². The first-order valence-electron chi connectivity index (χ1n) is 8.92. The average Bonchev–Trinajstić information content (AvgIpc) is 3.14. The number of pyridine rings is 1. The number of ether oxygens (including phenoxy) is 2. The molecular weight excluding hydrogens is 360 g/mol. The molecule has 0 aliphatic rings. The van der Waals surface area contributed by atoms with Crippen LogP contribution < -0.4 is 10.3 Å². The fourth-order valence-corrected chi connectivity index (χ4v) is 3.04. The summed E-state index contributed by atoms with van der Waals surface area (Å²) < 4.78 is 13.5. The van der Waals surface area contributed by atoms with E-state index in [2.05, 4.69) is 10.1 Å². The summed E-state index contributed by atoms with van der Waals surface area (Å²) in [6.45, 7) is 4.49. The van der Waals surface area contributed by atoms with Crippen LogP contribution in [0, 0.1) is 0 Å². The van der Waals surface area contributed by atoms with Crippen molar-refractivity contribution in [3.63, 3.8) is 0 Å². The molecule has 0 saturated carbocycles. The smallest absolute Gasteiger partial charge is 0.343 e. The van der Waals surface area contributed by atoms with Gasteiger partial charge in [-0.25, -0.2) is 14.3 Å². The summed E-state index contributed by atoms with van der Waals surface area (Å²) in [5, 5.41) is 4.61. The third-order valence-electron chi connectivity index (χ3n) is 4.32. The van der Waals surface area contributed by atoms with E-state index in [0.717, 1.165) is 5.75 Å². The van der Waals surface area contributed by atoms with Crippen LogP contribution in [0.15, 0.2) is 53.7 Å². The first-order valence-corrected chi connectivity index (χ1v) is 8.92. The van der Waals surface area contributed by atoms with Crippen molar-refractivity contribution >= 4 is 22.5 Å². The van der Waals surface area contributed by atoms with E-state index >= 15 is 0 Å². The second kappa shape index (κ2) is 7.15. The van der Waals surface area contributed by atoms with Gasteiger partial charge in [-0.15, -0.1) is 0 Å². The Labute approximate surface area is 160 Å². The highest BCUT2D eigenvalue weighted by Gasteiger charge is 2.17. The van der Waals surface area contributed by atoms with Gasteiger partial charge in [0.2, 0.25) is 0 Å². The van der Waals surface area contributed by atoms with E-state index in [1.807, 2.05) is 31.2 Å². The van der Waals surface area contributed by atoms with Crippen LogP contribution in [-0.4, -0.2) is 38.3 Å².